The normalized spacial score (nSPS) is 11.8. The van der Waals surface area contributed by atoms with Gasteiger partial charge in [-0.05, 0) is 30.8 Å². The third kappa shape index (κ3) is 4.35. The second-order valence-electron chi connectivity index (χ2n) is 4.70. The summed E-state index contributed by atoms with van der Waals surface area (Å²) in [7, 11) is 5.20. The molecule has 1 aromatic rings. The monoisotopic (exact) mass is 278 g/mol. The van der Waals surface area contributed by atoms with E-state index in [9.17, 15) is 9.59 Å². The van der Waals surface area contributed by atoms with Crippen LogP contribution in [0, 0.1) is 0 Å². The zero-order valence-electron chi connectivity index (χ0n) is 12.5. The minimum atomic E-state index is -0.544. The summed E-state index contributed by atoms with van der Waals surface area (Å²) in [5, 5.41) is 3.02. The fourth-order valence-corrected chi connectivity index (χ4v) is 1.88. The molecule has 0 saturated carbocycles. The second-order valence-corrected chi connectivity index (χ2v) is 4.70. The zero-order valence-corrected chi connectivity index (χ0v) is 12.5. The third-order valence-corrected chi connectivity index (χ3v) is 3.03. The van der Waals surface area contributed by atoms with Crippen LogP contribution in [-0.2, 0) is 9.53 Å². The van der Waals surface area contributed by atoms with E-state index in [-0.39, 0.29) is 12.2 Å². The Hall–Kier alpha value is -1.88. The first kappa shape index (κ1) is 16.2. The van der Waals surface area contributed by atoms with Gasteiger partial charge in [0.1, 0.15) is 0 Å². The second kappa shape index (κ2) is 7.65. The molecule has 0 aromatic heterocycles. The minimum absolute atomic E-state index is 0.0403. The quantitative estimate of drug-likeness (QED) is 0.604. The van der Waals surface area contributed by atoms with E-state index < -0.39 is 12.0 Å². The number of ether oxygens (including phenoxy) is 1. The van der Waals surface area contributed by atoms with Gasteiger partial charge in [-0.15, -0.1) is 0 Å². The summed E-state index contributed by atoms with van der Waals surface area (Å²) < 4.78 is 4.63. The molecule has 5 heteroatoms. The van der Waals surface area contributed by atoms with Gasteiger partial charge in [0.05, 0.1) is 19.6 Å². The average Bonchev–Trinajstić information content (AvgIpc) is 2.46. The summed E-state index contributed by atoms with van der Waals surface area (Å²) in [6.45, 7) is 2.51. The van der Waals surface area contributed by atoms with Crippen LogP contribution < -0.4 is 10.2 Å². The number of carbonyl (C=O) groups excluding carboxylic acids is 2. The summed E-state index contributed by atoms with van der Waals surface area (Å²) >= 11 is 0. The molecule has 0 fully saturated rings. The van der Waals surface area contributed by atoms with Crippen LogP contribution in [0.25, 0.3) is 0 Å². The van der Waals surface area contributed by atoms with E-state index in [1.54, 1.807) is 12.1 Å². The zero-order chi connectivity index (χ0) is 15.1. The molecular weight excluding hydrogens is 256 g/mol. The molecule has 0 aliphatic heterocycles. The van der Waals surface area contributed by atoms with Crippen LogP contribution in [0.5, 0.6) is 0 Å². The predicted molar refractivity (Wildman–Crippen MR) is 79.2 cm³/mol. The Labute approximate surface area is 119 Å². The van der Waals surface area contributed by atoms with Crippen LogP contribution in [0.15, 0.2) is 24.3 Å². The molecule has 1 aromatic carbocycles. The Morgan fingerprint density at radius 1 is 1.25 bits per heavy atom. The molecule has 110 valence electrons. The molecule has 0 spiro atoms. The van der Waals surface area contributed by atoms with E-state index in [0.717, 1.165) is 5.69 Å². The number of anilines is 1. The fraction of sp³-hybridized carbons (Fsp3) is 0.467. The van der Waals surface area contributed by atoms with Crippen LogP contribution in [0.2, 0.25) is 0 Å². The highest BCUT2D eigenvalue weighted by molar-refractivity contribution is 6.02. The number of rotatable bonds is 7. The van der Waals surface area contributed by atoms with Gasteiger partial charge in [0.15, 0.2) is 5.78 Å². The van der Waals surface area contributed by atoms with Crippen LogP contribution in [0.4, 0.5) is 5.69 Å². The van der Waals surface area contributed by atoms with Crippen molar-refractivity contribution < 1.29 is 14.3 Å². The van der Waals surface area contributed by atoms with Crippen molar-refractivity contribution >= 4 is 17.4 Å². The lowest BCUT2D eigenvalue weighted by molar-refractivity contribution is -0.140. The van der Waals surface area contributed by atoms with Crippen molar-refractivity contribution in [3.63, 3.8) is 0 Å². The standard InChI is InChI=1S/C15H22N2O3/c1-5-16-13(10-14(18)20-4)15(19)11-6-8-12(9-7-11)17(2)3/h6-9,13,16H,5,10H2,1-4H3. The van der Waals surface area contributed by atoms with E-state index in [1.807, 2.05) is 38.1 Å². The number of benzene rings is 1. The summed E-state index contributed by atoms with van der Waals surface area (Å²) in [4.78, 5) is 25.7. The maximum atomic E-state index is 12.4. The first-order valence-electron chi connectivity index (χ1n) is 6.61. The van der Waals surface area contributed by atoms with Crippen LogP contribution in [0.1, 0.15) is 23.7 Å². The van der Waals surface area contributed by atoms with E-state index >= 15 is 0 Å². The molecule has 1 N–H and O–H groups in total. The molecule has 20 heavy (non-hydrogen) atoms. The SMILES string of the molecule is CCNC(CC(=O)OC)C(=O)c1ccc(N(C)C)cc1. The lowest BCUT2D eigenvalue weighted by atomic mass is 10.0. The number of Topliss-reactive ketones (excluding diaryl/α,β-unsaturated/α-hetero) is 1. The number of esters is 1. The van der Waals surface area contributed by atoms with Crippen molar-refractivity contribution in [3.8, 4) is 0 Å². The molecule has 5 nitrogen and oxygen atoms in total. The van der Waals surface area contributed by atoms with Gasteiger partial charge in [-0.25, -0.2) is 0 Å². The summed E-state index contributed by atoms with van der Waals surface area (Å²) in [6, 6.07) is 6.78. The molecule has 0 amide bonds. The number of ketones is 1. The van der Waals surface area contributed by atoms with E-state index in [1.165, 1.54) is 7.11 Å². The third-order valence-electron chi connectivity index (χ3n) is 3.03. The molecule has 0 heterocycles. The van der Waals surface area contributed by atoms with E-state index in [0.29, 0.717) is 12.1 Å². The highest BCUT2D eigenvalue weighted by atomic mass is 16.5. The molecule has 1 atom stereocenters. The Morgan fingerprint density at radius 3 is 2.30 bits per heavy atom. The maximum Gasteiger partial charge on any atom is 0.307 e. The van der Waals surface area contributed by atoms with Crippen LogP contribution >= 0.6 is 0 Å². The molecule has 0 saturated heterocycles. The Kier molecular flexibility index (Phi) is 6.18. The van der Waals surface area contributed by atoms with Crippen molar-refractivity contribution in [1.29, 1.82) is 0 Å². The molecule has 0 aliphatic carbocycles. The molecule has 1 unspecified atom stereocenters. The lowest BCUT2D eigenvalue weighted by Gasteiger charge is -2.17. The van der Waals surface area contributed by atoms with Crippen LogP contribution in [0.3, 0.4) is 0 Å². The van der Waals surface area contributed by atoms with Gasteiger partial charge in [0.2, 0.25) is 0 Å². The van der Waals surface area contributed by atoms with Crippen molar-refractivity contribution in [2.75, 3.05) is 32.6 Å². The summed E-state index contributed by atoms with van der Waals surface area (Å²) in [6.07, 6.45) is 0.0403. The lowest BCUT2D eigenvalue weighted by Crippen LogP contribution is -2.38. The molecule has 0 aliphatic rings. The first-order valence-corrected chi connectivity index (χ1v) is 6.61. The number of carbonyl (C=O) groups is 2. The van der Waals surface area contributed by atoms with Gasteiger partial charge in [0.25, 0.3) is 0 Å². The average molecular weight is 278 g/mol. The van der Waals surface area contributed by atoms with Crippen molar-refractivity contribution in [3.05, 3.63) is 29.8 Å². The number of likely N-dealkylation sites (N-methyl/N-ethyl adjacent to an activating group) is 1. The predicted octanol–water partition coefficient (Wildman–Crippen LogP) is 1.48. The Balaban J connectivity index is 2.85. The van der Waals surface area contributed by atoms with Gasteiger partial charge in [-0.1, -0.05) is 6.92 Å². The van der Waals surface area contributed by atoms with E-state index in [4.69, 9.17) is 0 Å². The molecule has 0 radical (unpaired) electrons. The largest absolute Gasteiger partial charge is 0.469 e. The van der Waals surface area contributed by atoms with Gasteiger partial charge < -0.3 is 15.0 Å². The summed E-state index contributed by atoms with van der Waals surface area (Å²) in [5.41, 5.74) is 1.61. The fourth-order valence-electron chi connectivity index (χ4n) is 1.88. The maximum absolute atomic E-state index is 12.4. The van der Waals surface area contributed by atoms with Crippen molar-refractivity contribution in [1.82, 2.24) is 5.32 Å². The van der Waals surface area contributed by atoms with Gasteiger partial charge in [-0.2, -0.15) is 0 Å². The van der Waals surface area contributed by atoms with Gasteiger partial charge >= 0.3 is 5.97 Å². The van der Waals surface area contributed by atoms with Crippen LogP contribution in [-0.4, -0.2) is 45.5 Å². The number of methoxy groups -OCH3 is 1. The highest BCUT2D eigenvalue weighted by Gasteiger charge is 2.22. The van der Waals surface area contributed by atoms with Crippen molar-refractivity contribution in [2.24, 2.45) is 0 Å². The first-order chi connectivity index (χ1) is 9.49. The summed E-state index contributed by atoms with van der Waals surface area (Å²) in [5.74, 6) is -0.489. The molecule has 1 rings (SSSR count). The Bertz CT molecular complexity index is 455. The molecule has 0 bridgehead atoms. The number of hydrogen-bond donors (Lipinski definition) is 1. The minimum Gasteiger partial charge on any atom is -0.469 e. The molecular formula is C15H22N2O3. The number of hydrogen-bond acceptors (Lipinski definition) is 5. The van der Waals surface area contributed by atoms with Crippen molar-refractivity contribution in [2.45, 2.75) is 19.4 Å². The Morgan fingerprint density at radius 2 is 1.85 bits per heavy atom. The topological polar surface area (TPSA) is 58.6 Å². The van der Waals surface area contributed by atoms with E-state index in [2.05, 4.69) is 10.1 Å². The smallest absolute Gasteiger partial charge is 0.307 e. The number of nitrogens with one attached hydrogen (secondary N) is 1. The highest BCUT2D eigenvalue weighted by Crippen LogP contribution is 2.14. The van der Waals surface area contributed by atoms with Gasteiger partial charge in [-0.3, -0.25) is 9.59 Å². The number of nitrogens with zero attached hydrogens (tertiary/aromatic N) is 1. The van der Waals surface area contributed by atoms with Gasteiger partial charge in [0, 0.05) is 25.3 Å².